The second-order valence-corrected chi connectivity index (χ2v) is 5.41. The normalized spacial score (nSPS) is 11.7. The highest BCUT2D eigenvalue weighted by molar-refractivity contribution is 7.91. The first-order chi connectivity index (χ1) is 8.42. The number of nitrogens with zero attached hydrogens (tertiary/aromatic N) is 1. The molecule has 0 amide bonds. The molecule has 0 bridgehead atoms. The molecule has 0 spiro atoms. The lowest BCUT2D eigenvalue weighted by Crippen LogP contribution is -2.25. The third-order valence-electron chi connectivity index (χ3n) is 2.28. The minimum Gasteiger partial charge on any atom is -0.355 e. The van der Waals surface area contributed by atoms with E-state index >= 15 is 0 Å². The number of nitro groups is 1. The fourth-order valence-electron chi connectivity index (χ4n) is 1.37. The Morgan fingerprint density at radius 2 is 1.83 bits per heavy atom. The van der Waals surface area contributed by atoms with Gasteiger partial charge in [0, 0.05) is 20.3 Å². The highest BCUT2D eigenvalue weighted by Crippen LogP contribution is 2.24. The summed E-state index contributed by atoms with van der Waals surface area (Å²) in [7, 11) is -1.26. The predicted molar refractivity (Wildman–Crippen MR) is 63.0 cm³/mol. The van der Waals surface area contributed by atoms with Gasteiger partial charge in [-0.25, -0.2) is 8.42 Å². The number of sulfone groups is 1. The number of rotatable bonds is 6. The summed E-state index contributed by atoms with van der Waals surface area (Å²) in [5, 5.41) is 10.8. The van der Waals surface area contributed by atoms with Crippen LogP contribution in [0.25, 0.3) is 0 Å². The third kappa shape index (κ3) is 3.25. The van der Waals surface area contributed by atoms with Gasteiger partial charge in [0.05, 0.1) is 4.92 Å². The van der Waals surface area contributed by atoms with Gasteiger partial charge in [0.25, 0.3) is 5.69 Å². The maximum absolute atomic E-state index is 12.0. The molecule has 18 heavy (non-hydrogen) atoms. The standard InChI is InChI=1S/C10H13NO6S/c1-16-10(17-2)7-18(14,15)9-6-4-3-5-8(9)11(12)13/h3-6,10H,7H2,1-2H3. The molecular weight excluding hydrogens is 262 g/mol. The lowest BCUT2D eigenvalue weighted by atomic mass is 10.3. The fraction of sp³-hybridized carbons (Fsp3) is 0.400. The molecule has 1 aromatic rings. The second kappa shape index (κ2) is 5.89. The third-order valence-corrected chi connectivity index (χ3v) is 4.00. The van der Waals surface area contributed by atoms with Crippen LogP contribution in [-0.2, 0) is 19.3 Å². The zero-order chi connectivity index (χ0) is 13.8. The van der Waals surface area contributed by atoms with Crippen LogP contribution in [0.3, 0.4) is 0 Å². The predicted octanol–water partition coefficient (Wildman–Crippen LogP) is 0.987. The summed E-state index contributed by atoms with van der Waals surface area (Å²) in [6, 6.07) is 5.16. The van der Waals surface area contributed by atoms with Crippen LogP contribution in [0.1, 0.15) is 0 Å². The Kier molecular flexibility index (Phi) is 4.76. The van der Waals surface area contributed by atoms with Crippen LogP contribution < -0.4 is 0 Å². The van der Waals surface area contributed by atoms with Gasteiger partial charge in [-0.2, -0.15) is 0 Å². The molecule has 0 saturated heterocycles. The number of methoxy groups -OCH3 is 2. The number of ether oxygens (including phenoxy) is 2. The quantitative estimate of drug-likeness (QED) is 0.436. The zero-order valence-electron chi connectivity index (χ0n) is 9.90. The van der Waals surface area contributed by atoms with Crippen LogP contribution in [0.5, 0.6) is 0 Å². The Morgan fingerprint density at radius 1 is 1.28 bits per heavy atom. The minimum atomic E-state index is -3.85. The van der Waals surface area contributed by atoms with Gasteiger partial charge in [0.1, 0.15) is 10.6 Å². The van der Waals surface area contributed by atoms with Gasteiger partial charge in [-0.05, 0) is 6.07 Å². The van der Waals surface area contributed by atoms with Crippen LogP contribution in [0.4, 0.5) is 5.69 Å². The van der Waals surface area contributed by atoms with Crippen molar-refractivity contribution >= 4 is 15.5 Å². The SMILES string of the molecule is COC(CS(=O)(=O)c1ccccc1[N+](=O)[O-])OC. The number of benzene rings is 1. The van der Waals surface area contributed by atoms with Gasteiger partial charge >= 0.3 is 0 Å². The van der Waals surface area contributed by atoms with E-state index in [0.717, 1.165) is 6.07 Å². The number of hydrogen-bond acceptors (Lipinski definition) is 6. The van der Waals surface area contributed by atoms with Gasteiger partial charge in [-0.1, -0.05) is 12.1 Å². The maximum Gasteiger partial charge on any atom is 0.287 e. The van der Waals surface area contributed by atoms with E-state index in [-0.39, 0.29) is 4.90 Å². The Labute approximate surface area is 104 Å². The molecule has 0 fully saturated rings. The molecule has 0 aliphatic heterocycles. The molecule has 1 rings (SSSR count). The molecule has 0 atom stereocenters. The van der Waals surface area contributed by atoms with Crippen LogP contribution in [0.2, 0.25) is 0 Å². The Balaban J connectivity index is 3.16. The van der Waals surface area contributed by atoms with Crippen molar-refractivity contribution in [1.29, 1.82) is 0 Å². The topological polar surface area (TPSA) is 95.7 Å². The van der Waals surface area contributed by atoms with Gasteiger partial charge in [0.15, 0.2) is 16.1 Å². The molecule has 0 unspecified atom stereocenters. The van der Waals surface area contributed by atoms with E-state index in [9.17, 15) is 18.5 Å². The second-order valence-electron chi connectivity index (χ2n) is 3.41. The summed E-state index contributed by atoms with van der Waals surface area (Å²) in [6.07, 6.45) is -0.963. The Bertz CT molecular complexity index is 523. The van der Waals surface area contributed by atoms with Crippen molar-refractivity contribution in [2.24, 2.45) is 0 Å². The van der Waals surface area contributed by atoms with E-state index in [1.807, 2.05) is 0 Å². The summed E-state index contributed by atoms with van der Waals surface area (Å²) in [5.74, 6) is -0.481. The van der Waals surface area contributed by atoms with Crippen LogP contribution in [0, 0.1) is 10.1 Å². The minimum absolute atomic E-state index is 0.339. The van der Waals surface area contributed by atoms with Crippen molar-refractivity contribution in [3.8, 4) is 0 Å². The lowest BCUT2D eigenvalue weighted by molar-refractivity contribution is -0.387. The monoisotopic (exact) mass is 275 g/mol. The average molecular weight is 275 g/mol. The van der Waals surface area contributed by atoms with Crippen molar-refractivity contribution in [3.63, 3.8) is 0 Å². The first-order valence-electron chi connectivity index (χ1n) is 4.94. The van der Waals surface area contributed by atoms with Crippen molar-refractivity contribution in [2.75, 3.05) is 20.0 Å². The van der Waals surface area contributed by atoms with E-state index in [1.165, 1.54) is 32.4 Å². The molecule has 0 aliphatic carbocycles. The molecule has 8 heteroatoms. The average Bonchev–Trinajstić information content (AvgIpc) is 2.36. The van der Waals surface area contributed by atoms with Crippen LogP contribution >= 0.6 is 0 Å². The van der Waals surface area contributed by atoms with Gasteiger partial charge in [0.2, 0.25) is 0 Å². The summed E-state index contributed by atoms with van der Waals surface area (Å²) in [4.78, 5) is 9.70. The van der Waals surface area contributed by atoms with Crippen molar-refractivity contribution in [1.82, 2.24) is 0 Å². The Morgan fingerprint density at radius 3 is 2.33 bits per heavy atom. The van der Waals surface area contributed by atoms with E-state index in [4.69, 9.17) is 9.47 Å². The first-order valence-corrected chi connectivity index (χ1v) is 6.59. The van der Waals surface area contributed by atoms with E-state index in [0.29, 0.717) is 0 Å². The summed E-state index contributed by atoms with van der Waals surface area (Å²) in [5.41, 5.74) is -0.455. The largest absolute Gasteiger partial charge is 0.355 e. The maximum atomic E-state index is 12.0. The van der Waals surface area contributed by atoms with E-state index < -0.39 is 32.5 Å². The molecule has 100 valence electrons. The van der Waals surface area contributed by atoms with E-state index in [1.54, 1.807) is 0 Å². The highest BCUT2D eigenvalue weighted by atomic mass is 32.2. The van der Waals surface area contributed by atoms with E-state index in [2.05, 4.69) is 0 Å². The smallest absolute Gasteiger partial charge is 0.287 e. The highest BCUT2D eigenvalue weighted by Gasteiger charge is 2.28. The first kappa shape index (κ1) is 14.6. The van der Waals surface area contributed by atoms with Gasteiger partial charge in [-0.15, -0.1) is 0 Å². The van der Waals surface area contributed by atoms with Crippen molar-refractivity contribution < 1.29 is 22.8 Å². The van der Waals surface area contributed by atoms with Gasteiger partial charge < -0.3 is 9.47 Å². The molecule has 0 heterocycles. The van der Waals surface area contributed by atoms with Crippen LogP contribution in [0.15, 0.2) is 29.2 Å². The molecule has 1 aromatic carbocycles. The molecule has 0 saturated carbocycles. The number of para-hydroxylation sites is 1. The fourth-order valence-corrected chi connectivity index (χ4v) is 2.93. The summed E-state index contributed by atoms with van der Waals surface area (Å²) >= 11 is 0. The lowest BCUT2D eigenvalue weighted by Gasteiger charge is -2.13. The molecule has 0 aromatic heterocycles. The number of hydrogen-bond donors (Lipinski definition) is 0. The zero-order valence-corrected chi connectivity index (χ0v) is 10.7. The summed E-state index contributed by atoms with van der Waals surface area (Å²) < 4.78 is 33.6. The van der Waals surface area contributed by atoms with Gasteiger partial charge in [-0.3, -0.25) is 10.1 Å². The number of nitro benzene ring substituents is 1. The Hall–Kier alpha value is -1.51. The van der Waals surface area contributed by atoms with Crippen molar-refractivity contribution in [3.05, 3.63) is 34.4 Å². The van der Waals surface area contributed by atoms with Crippen molar-refractivity contribution in [2.45, 2.75) is 11.2 Å². The molecule has 0 radical (unpaired) electrons. The van der Waals surface area contributed by atoms with Crippen LogP contribution in [-0.4, -0.2) is 39.6 Å². The molecule has 0 N–H and O–H groups in total. The molecule has 0 aliphatic rings. The summed E-state index contributed by atoms with van der Waals surface area (Å²) in [6.45, 7) is 0. The molecular formula is C10H13NO6S. The molecule has 7 nitrogen and oxygen atoms in total.